The van der Waals surface area contributed by atoms with Crippen molar-refractivity contribution in [2.45, 2.75) is 79.1 Å². The number of allylic oxidation sites excluding steroid dienone is 2. The molecule has 0 fully saturated rings. The molecule has 7 nitrogen and oxygen atoms in total. The van der Waals surface area contributed by atoms with Gasteiger partial charge in [0, 0.05) is 40.4 Å². The summed E-state index contributed by atoms with van der Waals surface area (Å²) in [5, 5.41) is 0. The maximum Gasteiger partial charge on any atom is 0.306 e. The number of aryl methyl sites for hydroxylation is 3. The van der Waals surface area contributed by atoms with Crippen molar-refractivity contribution in [3.05, 3.63) is 67.2 Å². The summed E-state index contributed by atoms with van der Waals surface area (Å²) in [5.41, 5.74) is 14.5. The van der Waals surface area contributed by atoms with E-state index in [2.05, 4.69) is 72.6 Å². The van der Waals surface area contributed by atoms with E-state index in [0.29, 0.717) is 5.56 Å². The number of esters is 1. The summed E-state index contributed by atoms with van der Waals surface area (Å²) < 4.78 is 5.96. The standard InChI is InChI=1S/C33H35BrN4O3/c1-8-18-14(3)22-12-25-19(9-2)15(4)30(37-25)29(34)31-16(5)20(11-27(40)41-7)32(38-31)21-10-26(39)28-17(6)23(36-33(21)28)13-24(18)35-22/h12-13,16,20,36-37H,8-11H2,1-7H3/t16-,20?/m0/s1. The van der Waals surface area contributed by atoms with Gasteiger partial charge in [-0.25, -0.2) is 4.98 Å². The number of hydrogen-bond donors (Lipinski definition) is 2. The van der Waals surface area contributed by atoms with Crippen LogP contribution in [-0.4, -0.2) is 38.8 Å². The highest BCUT2D eigenvalue weighted by atomic mass is 79.9. The van der Waals surface area contributed by atoms with E-state index < -0.39 is 0 Å². The summed E-state index contributed by atoms with van der Waals surface area (Å²) in [7, 11) is 1.41. The molecule has 1 unspecified atom stereocenters. The molecule has 8 heteroatoms. The second-order valence-corrected chi connectivity index (χ2v) is 12.2. The molecule has 0 spiro atoms. The summed E-state index contributed by atoms with van der Waals surface area (Å²) in [6, 6.07) is 4.23. The van der Waals surface area contributed by atoms with E-state index in [-0.39, 0.29) is 36.4 Å². The van der Waals surface area contributed by atoms with E-state index in [1.165, 1.54) is 23.8 Å². The van der Waals surface area contributed by atoms with Crippen molar-refractivity contribution >= 4 is 60.9 Å². The van der Waals surface area contributed by atoms with Crippen molar-refractivity contribution < 1.29 is 14.3 Å². The van der Waals surface area contributed by atoms with E-state index in [4.69, 9.17) is 14.7 Å². The van der Waals surface area contributed by atoms with Crippen LogP contribution in [0.1, 0.15) is 108 Å². The van der Waals surface area contributed by atoms with Crippen LogP contribution in [0.4, 0.5) is 0 Å². The summed E-state index contributed by atoms with van der Waals surface area (Å²) in [4.78, 5) is 43.6. The highest BCUT2D eigenvalue weighted by molar-refractivity contribution is 9.10. The first-order valence-corrected chi connectivity index (χ1v) is 15.1. The van der Waals surface area contributed by atoms with Crippen LogP contribution in [0.15, 0.2) is 16.6 Å². The normalized spacial score (nSPS) is 18.0. The van der Waals surface area contributed by atoms with Gasteiger partial charge in [0.2, 0.25) is 0 Å². The Morgan fingerprint density at radius 2 is 1.71 bits per heavy atom. The van der Waals surface area contributed by atoms with Crippen LogP contribution in [0, 0.1) is 13.8 Å². The maximum absolute atomic E-state index is 13.4. The number of halogens is 1. The molecule has 2 atom stereocenters. The van der Waals surface area contributed by atoms with E-state index in [0.717, 1.165) is 78.8 Å². The van der Waals surface area contributed by atoms with Gasteiger partial charge >= 0.3 is 5.97 Å². The second kappa shape index (κ2) is 10.1. The minimum Gasteiger partial charge on any atom is -0.469 e. The number of nitrogens with zero attached hydrogens (tertiary/aromatic N) is 2. The molecule has 2 N–H and O–H groups in total. The van der Waals surface area contributed by atoms with Gasteiger partial charge in [-0.1, -0.05) is 20.8 Å². The number of carbonyl (C=O) groups is 2. The molecule has 3 aliphatic rings. The second-order valence-electron chi connectivity index (χ2n) is 11.4. The fourth-order valence-corrected chi connectivity index (χ4v) is 7.74. The highest BCUT2D eigenvalue weighted by Crippen LogP contribution is 2.46. The molecule has 0 radical (unpaired) electrons. The SMILES string of the molecule is CCC1=C(C)c2cc3[nH]c(c(C)c3CC)c(Br)c3nc(c4c5[nH]c(cc1n2)c(C)c5C(=O)C4)C(CC(=O)OC)[C@@H]3C. The molecule has 212 valence electrons. The zero-order chi connectivity index (χ0) is 29.3. The van der Waals surface area contributed by atoms with Crippen LogP contribution >= 0.6 is 15.9 Å². The van der Waals surface area contributed by atoms with Crippen LogP contribution in [0.25, 0.3) is 33.2 Å². The Kier molecular flexibility index (Phi) is 6.80. The molecular formula is C33H35BrN4O3. The largest absolute Gasteiger partial charge is 0.469 e. The number of fused-ring (bicyclic) bond motifs is 8. The third-order valence-electron chi connectivity index (χ3n) is 9.27. The molecule has 2 aliphatic heterocycles. The van der Waals surface area contributed by atoms with Gasteiger partial charge in [0.1, 0.15) is 0 Å². The lowest BCUT2D eigenvalue weighted by Crippen LogP contribution is -2.12. The monoisotopic (exact) mass is 614 g/mol. The van der Waals surface area contributed by atoms with E-state index in [9.17, 15) is 9.59 Å². The molecule has 0 saturated carbocycles. The highest BCUT2D eigenvalue weighted by Gasteiger charge is 2.38. The Bertz CT molecular complexity index is 1860. The Hall–Kier alpha value is -3.52. The summed E-state index contributed by atoms with van der Waals surface area (Å²) in [6.45, 7) is 12.7. The van der Waals surface area contributed by atoms with Crippen LogP contribution in [0.3, 0.4) is 0 Å². The lowest BCUT2D eigenvalue weighted by Gasteiger charge is -2.16. The van der Waals surface area contributed by atoms with Gasteiger partial charge in [-0.3, -0.25) is 14.6 Å². The van der Waals surface area contributed by atoms with E-state index in [1.807, 2.05) is 6.92 Å². The van der Waals surface area contributed by atoms with Crippen LogP contribution < -0.4 is 0 Å². The lowest BCUT2D eigenvalue weighted by molar-refractivity contribution is -0.141. The first-order chi connectivity index (χ1) is 19.6. The number of methoxy groups -OCH3 is 1. The van der Waals surface area contributed by atoms with E-state index >= 15 is 0 Å². The number of Topliss-reactive ketones (excluding diaryl/α,β-unsaturated/α-hetero) is 1. The fourth-order valence-electron chi connectivity index (χ4n) is 6.90. The molecule has 3 aromatic rings. The number of nitrogens with one attached hydrogen (secondary N) is 2. The maximum atomic E-state index is 13.4. The molecule has 0 aromatic carbocycles. The number of carbonyl (C=O) groups excluding carboxylic acids is 2. The average molecular weight is 616 g/mol. The smallest absolute Gasteiger partial charge is 0.306 e. The van der Waals surface area contributed by atoms with Crippen LogP contribution in [0.2, 0.25) is 0 Å². The topological polar surface area (TPSA) is 101 Å². The number of hydrogen-bond acceptors (Lipinski definition) is 5. The minimum absolute atomic E-state index is 0.0713. The number of aromatic amines is 2. The van der Waals surface area contributed by atoms with Gasteiger partial charge in [-0.15, -0.1) is 0 Å². The summed E-state index contributed by atoms with van der Waals surface area (Å²) >= 11 is 3.92. The molecule has 3 aromatic heterocycles. The van der Waals surface area contributed by atoms with Gasteiger partial charge < -0.3 is 14.7 Å². The summed E-state index contributed by atoms with van der Waals surface area (Å²) in [6.07, 6.45) is 2.17. The third kappa shape index (κ3) is 4.13. The Labute approximate surface area is 248 Å². The Morgan fingerprint density at radius 3 is 2.39 bits per heavy atom. The van der Waals surface area contributed by atoms with Crippen molar-refractivity contribution in [2.24, 2.45) is 0 Å². The van der Waals surface area contributed by atoms with Gasteiger partial charge in [-0.2, -0.15) is 0 Å². The predicted octanol–water partition coefficient (Wildman–Crippen LogP) is 7.79. The van der Waals surface area contributed by atoms with Gasteiger partial charge in [0.25, 0.3) is 0 Å². The molecule has 0 amide bonds. The molecule has 6 rings (SSSR count). The molecule has 8 bridgehead atoms. The number of rotatable bonds is 4. The van der Waals surface area contributed by atoms with Gasteiger partial charge in [0.15, 0.2) is 5.78 Å². The van der Waals surface area contributed by atoms with Crippen molar-refractivity contribution in [1.82, 2.24) is 19.9 Å². The first kappa shape index (κ1) is 27.6. The van der Waals surface area contributed by atoms with Crippen molar-refractivity contribution in [1.29, 1.82) is 0 Å². The Morgan fingerprint density at radius 1 is 1.00 bits per heavy atom. The quantitative estimate of drug-likeness (QED) is 0.292. The predicted molar refractivity (Wildman–Crippen MR) is 166 cm³/mol. The average Bonchev–Trinajstić information content (AvgIpc) is 3.70. The zero-order valence-electron chi connectivity index (χ0n) is 24.6. The third-order valence-corrected chi connectivity index (χ3v) is 10.1. The summed E-state index contributed by atoms with van der Waals surface area (Å²) in [5.74, 6) is -0.509. The van der Waals surface area contributed by atoms with Crippen molar-refractivity contribution in [2.75, 3.05) is 7.11 Å². The lowest BCUT2D eigenvalue weighted by atomic mass is 9.86. The molecule has 41 heavy (non-hydrogen) atoms. The first-order valence-electron chi connectivity index (χ1n) is 14.3. The molecule has 1 aliphatic carbocycles. The van der Waals surface area contributed by atoms with Crippen molar-refractivity contribution in [3.8, 4) is 0 Å². The molecule has 5 heterocycles. The number of H-pyrrole nitrogens is 2. The number of aromatic nitrogens is 4. The zero-order valence-corrected chi connectivity index (χ0v) is 26.2. The molecular weight excluding hydrogens is 580 g/mol. The minimum atomic E-state index is -0.291. The molecule has 0 saturated heterocycles. The van der Waals surface area contributed by atoms with Gasteiger partial charge in [0.05, 0.1) is 51.8 Å². The number of ether oxygens (including phenoxy) is 1. The van der Waals surface area contributed by atoms with Crippen LogP contribution in [0.5, 0.6) is 0 Å². The van der Waals surface area contributed by atoms with Gasteiger partial charge in [-0.05, 0) is 89.5 Å². The fraction of sp³-hybridized carbons (Fsp3) is 0.394. The van der Waals surface area contributed by atoms with Crippen LogP contribution in [-0.2, 0) is 22.4 Å². The Balaban J connectivity index is 1.81. The number of ketones is 1. The van der Waals surface area contributed by atoms with Crippen molar-refractivity contribution in [3.63, 3.8) is 0 Å². The van der Waals surface area contributed by atoms with E-state index in [1.54, 1.807) is 0 Å².